The number of benzene rings is 1. The molecule has 0 aliphatic heterocycles. The van der Waals surface area contributed by atoms with Gasteiger partial charge in [-0.3, -0.25) is 4.79 Å². The summed E-state index contributed by atoms with van der Waals surface area (Å²) in [7, 11) is 1.62. The van der Waals surface area contributed by atoms with Crippen molar-refractivity contribution in [1.29, 1.82) is 0 Å². The van der Waals surface area contributed by atoms with Gasteiger partial charge < -0.3 is 14.2 Å². The van der Waals surface area contributed by atoms with Crippen molar-refractivity contribution in [2.45, 2.75) is 13.3 Å². The third kappa shape index (κ3) is 5.81. The molecule has 0 spiro atoms. The van der Waals surface area contributed by atoms with Crippen molar-refractivity contribution in [3.05, 3.63) is 29.6 Å². The Kier molecular flexibility index (Phi) is 7.07. The van der Waals surface area contributed by atoms with Gasteiger partial charge in [-0.25, -0.2) is 4.39 Å². The summed E-state index contributed by atoms with van der Waals surface area (Å²) in [5.41, 5.74) is 0.0789. The predicted molar refractivity (Wildman–Crippen MR) is 69.2 cm³/mol. The molecule has 4 nitrogen and oxygen atoms in total. The molecule has 0 heterocycles. The largest absolute Gasteiger partial charge is 0.493 e. The third-order valence-electron chi connectivity index (χ3n) is 2.45. The van der Waals surface area contributed by atoms with Crippen molar-refractivity contribution in [1.82, 2.24) is 0 Å². The van der Waals surface area contributed by atoms with Crippen molar-refractivity contribution in [3.8, 4) is 5.75 Å². The van der Waals surface area contributed by atoms with Gasteiger partial charge in [0.1, 0.15) is 11.6 Å². The Labute approximate surface area is 112 Å². The summed E-state index contributed by atoms with van der Waals surface area (Å²) in [5.74, 6) is -0.434. The highest BCUT2D eigenvalue weighted by atomic mass is 19.1. The molecular formula is C14H19FO4. The van der Waals surface area contributed by atoms with E-state index in [2.05, 4.69) is 0 Å². The predicted octanol–water partition coefficient (Wildman–Crippen LogP) is 2.46. The van der Waals surface area contributed by atoms with Gasteiger partial charge in [-0.2, -0.15) is 0 Å². The van der Waals surface area contributed by atoms with Gasteiger partial charge in [0.15, 0.2) is 5.78 Å². The van der Waals surface area contributed by atoms with E-state index in [1.807, 2.05) is 0 Å². The molecule has 5 heteroatoms. The van der Waals surface area contributed by atoms with Crippen molar-refractivity contribution < 1.29 is 23.4 Å². The molecule has 1 aromatic carbocycles. The number of methoxy groups -OCH3 is 1. The lowest BCUT2D eigenvalue weighted by molar-refractivity contribution is 0.0644. The van der Waals surface area contributed by atoms with Crippen LogP contribution >= 0.6 is 0 Å². The van der Waals surface area contributed by atoms with Crippen LogP contribution in [0.2, 0.25) is 0 Å². The molecule has 0 N–H and O–H groups in total. The summed E-state index contributed by atoms with van der Waals surface area (Å²) >= 11 is 0. The zero-order valence-electron chi connectivity index (χ0n) is 11.3. The van der Waals surface area contributed by atoms with Crippen LogP contribution < -0.4 is 4.74 Å². The molecule has 0 aromatic heterocycles. The fourth-order valence-corrected chi connectivity index (χ4v) is 1.47. The first-order valence-corrected chi connectivity index (χ1v) is 6.15. The maximum absolute atomic E-state index is 13.5. The van der Waals surface area contributed by atoms with Gasteiger partial charge in [-0.15, -0.1) is 0 Å². The van der Waals surface area contributed by atoms with Gasteiger partial charge in [0.25, 0.3) is 0 Å². The molecule has 0 unspecified atom stereocenters. The monoisotopic (exact) mass is 270 g/mol. The van der Waals surface area contributed by atoms with Crippen molar-refractivity contribution in [2.24, 2.45) is 0 Å². The summed E-state index contributed by atoms with van der Waals surface area (Å²) < 4.78 is 28.9. The Morgan fingerprint density at radius 1 is 1.21 bits per heavy atom. The van der Waals surface area contributed by atoms with E-state index in [4.69, 9.17) is 14.2 Å². The molecular weight excluding hydrogens is 251 g/mol. The molecule has 0 radical (unpaired) electrons. The number of Topliss-reactive ketones (excluding diaryl/α,β-unsaturated/α-hetero) is 1. The highest BCUT2D eigenvalue weighted by molar-refractivity contribution is 5.94. The minimum atomic E-state index is -0.554. The van der Waals surface area contributed by atoms with E-state index in [1.165, 1.54) is 19.1 Å². The lowest BCUT2D eigenvalue weighted by atomic mass is 10.1. The Hall–Kier alpha value is -1.46. The van der Waals surface area contributed by atoms with E-state index < -0.39 is 5.82 Å². The minimum Gasteiger partial charge on any atom is -0.493 e. The summed E-state index contributed by atoms with van der Waals surface area (Å²) in [5, 5.41) is 0. The second-order valence-corrected chi connectivity index (χ2v) is 4.01. The zero-order valence-corrected chi connectivity index (χ0v) is 11.3. The number of rotatable bonds is 9. The van der Waals surface area contributed by atoms with Crippen LogP contribution in [0.15, 0.2) is 18.2 Å². The van der Waals surface area contributed by atoms with Crippen LogP contribution in [0.1, 0.15) is 23.7 Å². The average Bonchev–Trinajstić information content (AvgIpc) is 2.37. The van der Waals surface area contributed by atoms with E-state index >= 15 is 0 Å². The number of carbonyl (C=O) groups is 1. The summed E-state index contributed by atoms with van der Waals surface area (Å²) in [4.78, 5) is 11.1. The second-order valence-electron chi connectivity index (χ2n) is 4.01. The van der Waals surface area contributed by atoms with Crippen molar-refractivity contribution >= 4 is 5.78 Å². The first kappa shape index (κ1) is 15.6. The standard InChI is InChI=1S/C14H19FO4/c1-11(16)13-5-4-12(10-14(13)15)19-7-3-6-18-9-8-17-2/h4-5,10H,3,6-9H2,1-2H3. The number of hydrogen-bond acceptors (Lipinski definition) is 4. The smallest absolute Gasteiger partial charge is 0.162 e. The Bertz CT molecular complexity index is 406. The van der Waals surface area contributed by atoms with Crippen LogP contribution in [0.5, 0.6) is 5.75 Å². The SMILES string of the molecule is COCCOCCCOc1ccc(C(C)=O)c(F)c1. The van der Waals surface area contributed by atoms with Gasteiger partial charge in [0, 0.05) is 26.2 Å². The molecule has 0 atom stereocenters. The number of ketones is 1. The van der Waals surface area contributed by atoms with Crippen LogP contribution in [-0.2, 0) is 9.47 Å². The van der Waals surface area contributed by atoms with E-state index in [-0.39, 0.29) is 11.3 Å². The van der Waals surface area contributed by atoms with E-state index in [1.54, 1.807) is 13.2 Å². The summed E-state index contributed by atoms with van der Waals surface area (Å²) in [6.45, 7) is 3.45. The number of carbonyl (C=O) groups excluding carboxylic acids is 1. The van der Waals surface area contributed by atoms with Gasteiger partial charge >= 0.3 is 0 Å². The average molecular weight is 270 g/mol. The van der Waals surface area contributed by atoms with Crippen LogP contribution in [-0.4, -0.2) is 39.3 Å². The van der Waals surface area contributed by atoms with Gasteiger partial charge in [0.05, 0.1) is 25.4 Å². The molecule has 0 saturated heterocycles. The summed E-state index contributed by atoms with van der Waals surface area (Å²) in [6, 6.07) is 4.25. The van der Waals surface area contributed by atoms with Crippen LogP contribution in [0.4, 0.5) is 4.39 Å². The van der Waals surface area contributed by atoms with Gasteiger partial charge in [-0.05, 0) is 19.1 Å². The topological polar surface area (TPSA) is 44.8 Å². The number of ether oxygens (including phenoxy) is 3. The second kappa shape index (κ2) is 8.61. The van der Waals surface area contributed by atoms with E-state index in [0.717, 1.165) is 0 Å². The van der Waals surface area contributed by atoms with Crippen molar-refractivity contribution in [2.75, 3.05) is 33.5 Å². The first-order chi connectivity index (χ1) is 9.15. The van der Waals surface area contributed by atoms with Crippen LogP contribution in [0.25, 0.3) is 0 Å². The van der Waals surface area contributed by atoms with E-state index in [0.29, 0.717) is 38.6 Å². The number of hydrogen-bond donors (Lipinski definition) is 0. The van der Waals surface area contributed by atoms with Crippen LogP contribution in [0, 0.1) is 5.82 Å². The molecule has 19 heavy (non-hydrogen) atoms. The molecule has 0 saturated carbocycles. The fourth-order valence-electron chi connectivity index (χ4n) is 1.47. The number of halogens is 1. The quantitative estimate of drug-likeness (QED) is 0.511. The highest BCUT2D eigenvalue weighted by Gasteiger charge is 2.08. The molecule has 0 aliphatic carbocycles. The maximum Gasteiger partial charge on any atom is 0.162 e. The molecule has 106 valence electrons. The molecule has 0 fully saturated rings. The lowest BCUT2D eigenvalue weighted by Crippen LogP contribution is -2.07. The third-order valence-corrected chi connectivity index (χ3v) is 2.45. The van der Waals surface area contributed by atoms with E-state index in [9.17, 15) is 9.18 Å². The summed E-state index contributed by atoms with van der Waals surface area (Å²) in [6.07, 6.45) is 0.708. The Balaban J connectivity index is 2.26. The fraction of sp³-hybridized carbons (Fsp3) is 0.500. The first-order valence-electron chi connectivity index (χ1n) is 6.15. The van der Waals surface area contributed by atoms with Gasteiger partial charge in [-0.1, -0.05) is 0 Å². The maximum atomic E-state index is 13.5. The zero-order chi connectivity index (χ0) is 14.1. The molecule has 0 aliphatic rings. The Morgan fingerprint density at radius 2 is 2.00 bits per heavy atom. The van der Waals surface area contributed by atoms with Crippen molar-refractivity contribution in [3.63, 3.8) is 0 Å². The molecule has 1 aromatic rings. The minimum absolute atomic E-state index is 0.0789. The van der Waals surface area contributed by atoms with Crippen LogP contribution in [0.3, 0.4) is 0 Å². The normalized spacial score (nSPS) is 10.5. The van der Waals surface area contributed by atoms with Gasteiger partial charge in [0.2, 0.25) is 0 Å². The molecule has 0 amide bonds. The lowest BCUT2D eigenvalue weighted by Gasteiger charge is -2.08. The molecule has 1 rings (SSSR count). The highest BCUT2D eigenvalue weighted by Crippen LogP contribution is 2.17. The molecule has 0 bridgehead atoms. The Morgan fingerprint density at radius 3 is 2.63 bits per heavy atom.